The number of aliphatic hydroxyl groups excluding tert-OH is 1. The van der Waals surface area contributed by atoms with Gasteiger partial charge in [-0.1, -0.05) is 0 Å². The lowest BCUT2D eigenvalue weighted by atomic mass is 10.2. The van der Waals surface area contributed by atoms with E-state index in [2.05, 4.69) is 20.9 Å². The number of aromatic nitrogens is 1. The molecular formula is C9H12BrN3O3. The highest BCUT2D eigenvalue weighted by Crippen LogP contribution is 2.31. The minimum atomic E-state index is -0.469. The van der Waals surface area contributed by atoms with Crippen LogP contribution in [0.4, 0.5) is 11.5 Å². The Morgan fingerprint density at radius 3 is 2.81 bits per heavy atom. The van der Waals surface area contributed by atoms with E-state index in [4.69, 9.17) is 5.11 Å². The van der Waals surface area contributed by atoms with Gasteiger partial charge in [-0.05, 0) is 22.9 Å². The zero-order chi connectivity index (χ0) is 12.3. The molecule has 0 spiro atoms. The van der Waals surface area contributed by atoms with E-state index in [0.29, 0.717) is 22.4 Å². The lowest BCUT2D eigenvalue weighted by Gasteiger charge is -2.18. The van der Waals surface area contributed by atoms with Crippen molar-refractivity contribution in [3.05, 3.63) is 26.3 Å². The normalized spacial score (nSPS) is 10.2. The van der Waals surface area contributed by atoms with E-state index < -0.39 is 4.92 Å². The van der Waals surface area contributed by atoms with Crippen LogP contribution < -0.4 is 4.90 Å². The zero-order valence-corrected chi connectivity index (χ0v) is 10.6. The second-order valence-electron chi connectivity index (χ2n) is 3.31. The topological polar surface area (TPSA) is 79.5 Å². The van der Waals surface area contributed by atoms with Crippen LogP contribution >= 0.6 is 15.9 Å². The van der Waals surface area contributed by atoms with Gasteiger partial charge >= 0.3 is 0 Å². The van der Waals surface area contributed by atoms with Crippen molar-refractivity contribution in [2.45, 2.75) is 6.92 Å². The Hall–Kier alpha value is -1.21. The number of rotatable bonds is 4. The molecule has 0 unspecified atom stereocenters. The van der Waals surface area contributed by atoms with Crippen LogP contribution in [0.1, 0.15) is 5.56 Å². The molecule has 0 bridgehead atoms. The summed E-state index contributed by atoms with van der Waals surface area (Å²) in [6, 6.07) is 0. The van der Waals surface area contributed by atoms with E-state index in [0.717, 1.165) is 0 Å². The lowest BCUT2D eigenvalue weighted by molar-refractivity contribution is -0.385. The number of aliphatic hydroxyl groups is 1. The van der Waals surface area contributed by atoms with Crippen LogP contribution in [0.25, 0.3) is 0 Å². The molecule has 1 rings (SSSR count). The molecule has 0 aliphatic rings. The summed E-state index contributed by atoms with van der Waals surface area (Å²) in [6.45, 7) is 2.07. The summed E-state index contributed by atoms with van der Waals surface area (Å²) < 4.78 is 0.581. The molecule has 1 N–H and O–H groups in total. The third kappa shape index (κ3) is 2.48. The van der Waals surface area contributed by atoms with Gasteiger partial charge in [0, 0.05) is 19.2 Å². The zero-order valence-electron chi connectivity index (χ0n) is 8.97. The summed E-state index contributed by atoms with van der Waals surface area (Å²) in [7, 11) is 1.76. The molecule has 16 heavy (non-hydrogen) atoms. The summed E-state index contributed by atoms with van der Waals surface area (Å²) in [5, 5.41) is 19.5. The van der Waals surface area contributed by atoms with Gasteiger partial charge in [-0.3, -0.25) is 10.1 Å². The summed E-state index contributed by atoms with van der Waals surface area (Å²) >= 11 is 3.28. The van der Waals surface area contributed by atoms with Crippen LogP contribution in [0.2, 0.25) is 0 Å². The molecule has 0 fully saturated rings. The SMILES string of the molecule is Cc1c([N+](=O)[O-])cnc(N(C)CCO)c1Br. The van der Waals surface area contributed by atoms with Crippen molar-refractivity contribution >= 4 is 27.4 Å². The highest BCUT2D eigenvalue weighted by molar-refractivity contribution is 9.10. The van der Waals surface area contributed by atoms with Crippen LogP contribution in [0, 0.1) is 17.0 Å². The van der Waals surface area contributed by atoms with Crippen LogP contribution in [0.3, 0.4) is 0 Å². The Labute approximate surface area is 101 Å². The molecule has 1 aromatic heterocycles. The van der Waals surface area contributed by atoms with Gasteiger partial charge in [0.2, 0.25) is 0 Å². The van der Waals surface area contributed by atoms with E-state index in [1.807, 2.05) is 0 Å². The van der Waals surface area contributed by atoms with Crippen LogP contribution in [0.5, 0.6) is 0 Å². The number of nitrogens with zero attached hydrogens (tertiary/aromatic N) is 3. The molecule has 0 amide bonds. The Kier molecular flexibility index (Phi) is 4.19. The summed E-state index contributed by atoms with van der Waals surface area (Å²) in [4.78, 5) is 15.9. The smallest absolute Gasteiger partial charge is 0.291 e. The van der Waals surface area contributed by atoms with Crippen molar-refractivity contribution < 1.29 is 10.0 Å². The first-order chi connectivity index (χ1) is 7.49. The molecule has 6 nitrogen and oxygen atoms in total. The van der Waals surface area contributed by atoms with Gasteiger partial charge in [0.05, 0.1) is 16.0 Å². The van der Waals surface area contributed by atoms with Crippen molar-refractivity contribution in [3.8, 4) is 0 Å². The Bertz CT molecular complexity index is 411. The van der Waals surface area contributed by atoms with Crippen molar-refractivity contribution in [1.82, 2.24) is 4.98 Å². The Balaban J connectivity index is 3.16. The number of likely N-dealkylation sites (N-methyl/N-ethyl adjacent to an activating group) is 1. The van der Waals surface area contributed by atoms with E-state index >= 15 is 0 Å². The van der Waals surface area contributed by atoms with Gasteiger partial charge in [0.15, 0.2) is 0 Å². The standard InChI is InChI=1S/C9H12BrN3O3/c1-6-7(13(15)16)5-11-9(8(6)10)12(2)3-4-14/h5,14H,3-4H2,1-2H3. The summed E-state index contributed by atoms with van der Waals surface area (Å²) in [5.41, 5.74) is 0.507. The van der Waals surface area contributed by atoms with Crippen LogP contribution in [-0.2, 0) is 0 Å². The molecule has 0 aromatic carbocycles. The molecule has 1 aromatic rings. The maximum Gasteiger partial charge on any atom is 0.291 e. The summed E-state index contributed by atoms with van der Waals surface area (Å²) in [6.07, 6.45) is 1.23. The van der Waals surface area contributed by atoms with E-state index in [9.17, 15) is 10.1 Å². The quantitative estimate of drug-likeness (QED) is 0.671. The van der Waals surface area contributed by atoms with Crippen molar-refractivity contribution in [1.29, 1.82) is 0 Å². The fourth-order valence-electron chi connectivity index (χ4n) is 1.26. The molecule has 0 atom stereocenters. The number of nitro groups is 1. The highest BCUT2D eigenvalue weighted by atomic mass is 79.9. The van der Waals surface area contributed by atoms with Gasteiger partial charge in [0.1, 0.15) is 12.0 Å². The fourth-order valence-corrected chi connectivity index (χ4v) is 1.87. The number of halogens is 1. The molecule has 0 aliphatic carbocycles. The molecule has 0 saturated heterocycles. The molecule has 0 saturated carbocycles. The van der Waals surface area contributed by atoms with Gasteiger partial charge in [-0.15, -0.1) is 0 Å². The maximum absolute atomic E-state index is 10.7. The first-order valence-electron chi connectivity index (χ1n) is 4.60. The number of anilines is 1. The minimum absolute atomic E-state index is 0.000650. The molecule has 0 radical (unpaired) electrons. The Morgan fingerprint density at radius 2 is 2.31 bits per heavy atom. The Morgan fingerprint density at radius 1 is 1.69 bits per heavy atom. The first kappa shape index (κ1) is 12.9. The van der Waals surface area contributed by atoms with E-state index in [-0.39, 0.29) is 12.3 Å². The largest absolute Gasteiger partial charge is 0.395 e. The number of pyridine rings is 1. The second kappa shape index (κ2) is 5.22. The van der Waals surface area contributed by atoms with E-state index in [1.165, 1.54) is 6.20 Å². The summed E-state index contributed by atoms with van der Waals surface area (Å²) in [5.74, 6) is 0.581. The highest BCUT2D eigenvalue weighted by Gasteiger charge is 2.18. The molecule has 0 aliphatic heterocycles. The van der Waals surface area contributed by atoms with Crippen LogP contribution in [-0.4, -0.2) is 35.2 Å². The minimum Gasteiger partial charge on any atom is -0.395 e. The molecular weight excluding hydrogens is 278 g/mol. The first-order valence-corrected chi connectivity index (χ1v) is 5.39. The van der Waals surface area contributed by atoms with Gasteiger partial charge in [0.25, 0.3) is 5.69 Å². The molecule has 88 valence electrons. The van der Waals surface area contributed by atoms with Crippen molar-refractivity contribution in [2.24, 2.45) is 0 Å². The number of hydrogen-bond acceptors (Lipinski definition) is 5. The van der Waals surface area contributed by atoms with E-state index in [1.54, 1.807) is 18.9 Å². The van der Waals surface area contributed by atoms with Crippen molar-refractivity contribution in [2.75, 3.05) is 25.1 Å². The fraction of sp³-hybridized carbons (Fsp3) is 0.444. The van der Waals surface area contributed by atoms with Gasteiger partial charge in [-0.25, -0.2) is 4.98 Å². The van der Waals surface area contributed by atoms with Crippen LogP contribution in [0.15, 0.2) is 10.7 Å². The van der Waals surface area contributed by atoms with Gasteiger partial charge in [-0.2, -0.15) is 0 Å². The van der Waals surface area contributed by atoms with Gasteiger partial charge < -0.3 is 10.0 Å². The molecule has 1 heterocycles. The lowest BCUT2D eigenvalue weighted by Crippen LogP contribution is -2.23. The number of hydrogen-bond donors (Lipinski definition) is 1. The third-order valence-electron chi connectivity index (χ3n) is 2.21. The maximum atomic E-state index is 10.7. The second-order valence-corrected chi connectivity index (χ2v) is 4.10. The van der Waals surface area contributed by atoms with Crippen molar-refractivity contribution in [3.63, 3.8) is 0 Å². The average Bonchev–Trinajstić information content (AvgIpc) is 2.21. The average molecular weight is 290 g/mol. The third-order valence-corrected chi connectivity index (χ3v) is 3.16. The monoisotopic (exact) mass is 289 g/mol. The predicted octanol–water partition coefficient (Wildman–Crippen LogP) is 1.49. The predicted molar refractivity (Wildman–Crippen MR) is 63.7 cm³/mol. The molecule has 7 heteroatoms.